The van der Waals surface area contributed by atoms with E-state index in [4.69, 9.17) is 10.5 Å². The maximum Gasteiger partial charge on any atom is 0.275 e. The Morgan fingerprint density at radius 1 is 0.955 bits per heavy atom. The summed E-state index contributed by atoms with van der Waals surface area (Å²) in [6.07, 6.45) is 2.78. The SMILES string of the molecule is Cc1ccc(S(=O)(=O)n2ccc3c(-c4cc(NC(=O)[C@@H](N)C(C)C)ccc4Oc4ccc(F)cc4F)cn(C)c(=O)c32)cc1. The molecule has 0 aliphatic heterocycles. The Morgan fingerprint density at radius 2 is 1.64 bits per heavy atom. The number of anilines is 1. The number of carbonyl (C=O) groups is 1. The second-order valence-electron chi connectivity index (χ2n) is 10.8. The van der Waals surface area contributed by atoms with E-state index in [9.17, 15) is 26.8 Å². The largest absolute Gasteiger partial charge is 0.454 e. The fourth-order valence-corrected chi connectivity index (χ4v) is 6.03. The summed E-state index contributed by atoms with van der Waals surface area (Å²) in [6, 6.07) is 14.3. The van der Waals surface area contributed by atoms with Gasteiger partial charge in [0.25, 0.3) is 15.6 Å². The third-order valence-corrected chi connectivity index (χ3v) is 8.93. The number of ether oxygens (including phenoxy) is 1. The summed E-state index contributed by atoms with van der Waals surface area (Å²) in [5, 5.41) is 3.02. The monoisotopic (exact) mass is 620 g/mol. The molecule has 3 N–H and O–H groups in total. The lowest BCUT2D eigenvalue weighted by Crippen LogP contribution is -2.39. The first-order chi connectivity index (χ1) is 20.8. The van der Waals surface area contributed by atoms with Crippen LogP contribution in [0.15, 0.2) is 88.8 Å². The fourth-order valence-electron chi connectivity index (χ4n) is 4.68. The van der Waals surface area contributed by atoms with Crippen LogP contribution in [0.4, 0.5) is 14.5 Å². The topological polar surface area (TPSA) is 125 Å². The van der Waals surface area contributed by atoms with Crippen molar-refractivity contribution >= 4 is 32.5 Å². The van der Waals surface area contributed by atoms with E-state index in [1.807, 2.05) is 6.92 Å². The fraction of sp³-hybridized carbons (Fsp3) is 0.188. The lowest BCUT2D eigenvalue weighted by atomic mass is 10.0. The first-order valence-corrected chi connectivity index (χ1v) is 15.1. The van der Waals surface area contributed by atoms with Crippen molar-refractivity contribution in [1.82, 2.24) is 8.54 Å². The molecule has 9 nitrogen and oxygen atoms in total. The number of hydrogen-bond donors (Lipinski definition) is 2. The number of hydrogen-bond acceptors (Lipinski definition) is 6. The van der Waals surface area contributed by atoms with Crippen molar-refractivity contribution in [3.63, 3.8) is 0 Å². The van der Waals surface area contributed by atoms with Gasteiger partial charge in [0, 0.05) is 47.7 Å². The summed E-state index contributed by atoms with van der Waals surface area (Å²) >= 11 is 0. The number of nitrogens with one attached hydrogen (secondary N) is 1. The molecule has 0 saturated carbocycles. The third-order valence-electron chi connectivity index (χ3n) is 7.24. The minimum absolute atomic E-state index is 0.00457. The molecule has 0 saturated heterocycles. The van der Waals surface area contributed by atoms with Gasteiger partial charge in [-0.1, -0.05) is 31.5 Å². The second-order valence-corrected chi connectivity index (χ2v) is 12.6. The molecule has 1 amide bonds. The Labute approximate surface area is 252 Å². The summed E-state index contributed by atoms with van der Waals surface area (Å²) in [5.41, 5.74) is 7.14. The van der Waals surface area contributed by atoms with Crippen LogP contribution in [0.2, 0.25) is 0 Å². The number of pyridine rings is 1. The van der Waals surface area contributed by atoms with Crippen molar-refractivity contribution in [2.75, 3.05) is 5.32 Å². The molecule has 0 aliphatic rings. The van der Waals surface area contributed by atoms with E-state index in [1.165, 1.54) is 54.3 Å². The number of halogens is 2. The third kappa shape index (κ3) is 5.73. The van der Waals surface area contributed by atoms with Gasteiger partial charge in [-0.05, 0) is 61.4 Å². The highest BCUT2D eigenvalue weighted by molar-refractivity contribution is 7.90. The zero-order valence-corrected chi connectivity index (χ0v) is 25.2. The number of fused-ring (bicyclic) bond motifs is 1. The van der Waals surface area contributed by atoms with Gasteiger partial charge in [0.15, 0.2) is 11.6 Å². The molecule has 12 heteroatoms. The van der Waals surface area contributed by atoms with Crippen molar-refractivity contribution in [2.24, 2.45) is 18.7 Å². The number of amides is 1. The van der Waals surface area contributed by atoms with E-state index in [0.717, 1.165) is 21.7 Å². The summed E-state index contributed by atoms with van der Waals surface area (Å²) in [4.78, 5) is 26.2. The molecule has 0 radical (unpaired) electrons. The molecule has 0 fully saturated rings. The predicted molar refractivity (Wildman–Crippen MR) is 164 cm³/mol. The highest BCUT2D eigenvalue weighted by Crippen LogP contribution is 2.39. The Morgan fingerprint density at radius 3 is 2.30 bits per heavy atom. The first-order valence-electron chi connectivity index (χ1n) is 13.6. The second kappa shape index (κ2) is 11.7. The predicted octanol–water partition coefficient (Wildman–Crippen LogP) is 5.54. The molecule has 44 heavy (non-hydrogen) atoms. The lowest BCUT2D eigenvalue weighted by Gasteiger charge is -2.18. The Balaban J connectivity index is 1.72. The maximum absolute atomic E-state index is 14.6. The van der Waals surface area contributed by atoms with Crippen LogP contribution in [0.5, 0.6) is 11.5 Å². The van der Waals surface area contributed by atoms with Gasteiger partial charge in [-0.25, -0.2) is 21.2 Å². The van der Waals surface area contributed by atoms with Gasteiger partial charge in [0.1, 0.15) is 17.1 Å². The number of nitrogens with zero attached hydrogens (tertiary/aromatic N) is 2. The number of aryl methyl sites for hydroxylation is 2. The van der Waals surface area contributed by atoms with E-state index in [-0.39, 0.29) is 38.8 Å². The molecular weight excluding hydrogens is 590 g/mol. The Bertz CT molecular complexity index is 2070. The quantitative estimate of drug-likeness (QED) is 0.235. The summed E-state index contributed by atoms with van der Waals surface area (Å²) in [7, 11) is -2.70. The Hall–Kier alpha value is -4.81. The van der Waals surface area contributed by atoms with Gasteiger partial charge in [-0.2, -0.15) is 0 Å². The standard InChI is InChI=1S/C32H30F2N4O5S/c1-18(2)29(35)31(39)36-21-8-12-27(43-28-11-7-20(33)15-26(28)34)24(16-21)25-17-37(4)32(40)30-23(25)13-14-38(30)44(41,42)22-9-5-19(3)6-10-22/h5-18,29H,35H2,1-4H3,(H,36,39)/t29-/m0/s1. The molecule has 2 heterocycles. The summed E-state index contributed by atoms with van der Waals surface area (Å²) in [5.74, 6) is -2.49. The first kappa shape index (κ1) is 30.6. The van der Waals surface area contributed by atoms with Gasteiger partial charge in [-0.3, -0.25) is 9.59 Å². The molecule has 0 bridgehead atoms. The van der Waals surface area contributed by atoms with Crippen LogP contribution in [-0.4, -0.2) is 28.9 Å². The molecule has 0 unspecified atom stereocenters. The van der Waals surface area contributed by atoms with E-state index in [1.54, 1.807) is 32.0 Å². The molecule has 0 spiro atoms. The van der Waals surface area contributed by atoms with E-state index < -0.39 is 39.2 Å². The molecular formula is C32H30F2N4O5S. The van der Waals surface area contributed by atoms with Crippen LogP contribution in [-0.2, 0) is 21.9 Å². The van der Waals surface area contributed by atoms with E-state index in [0.29, 0.717) is 17.3 Å². The van der Waals surface area contributed by atoms with Crippen LogP contribution in [0.25, 0.3) is 22.0 Å². The summed E-state index contributed by atoms with van der Waals surface area (Å²) < 4.78 is 63.6. The average molecular weight is 621 g/mol. The van der Waals surface area contributed by atoms with Crippen LogP contribution in [0.1, 0.15) is 19.4 Å². The van der Waals surface area contributed by atoms with Crippen LogP contribution in [0.3, 0.4) is 0 Å². The van der Waals surface area contributed by atoms with Gasteiger partial charge in [0.05, 0.1) is 10.9 Å². The van der Waals surface area contributed by atoms with E-state index in [2.05, 4.69) is 5.32 Å². The number of carbonyl (C=O) groups excluding carboxylic acids is 1. The molecule has 1 atom stereocenters. The van der Waals surface area contributed by atoms with Crippen molar-refractivity contribution in [1.29, 1.82) is 0 Å². The molecule has 5 aromatic rings. The van der Waals surface area contributed by atoms with Gasteiger partial charge < -0.3 is 20.4 Å². The van der Waals surface area contributed by atoms with Gasteiger partial charge in [-0.15, -0.1) is 0 Å². The van der Waals surface area contributed by atoms with Gasteiger partial charge in [0.2, 0.25) is 5.91 Å². The van der Waals surface area contributed by atoms with Crippen molar-refractivity contribution in [2.45, 2.75) is 31.7 Å². The highest BCUT2D eigenvalue weighted by Gasteiger charge is 2.25. The normalized spacial score (nSPS) is 12.5. The number of rotatable bonds is 8. The van der Waals surface area contributed by atoms with Crippen molar-refractivity contribution in [3.8, 4) is 22.6 Å². The zero-order valence-electron chi connectivity index (χ0n) is 24.3. The minimum Gasteiger partial charge on any atom is -0.454 e. The average Bonchev–Trinajstić information content (AvgIpc) is 3.43. The zero-order chi connectivity index (χ0) is 31.9. The van der Waals surface area contributed by atoms with Gasteiger partial charge >= 0.3 is 0 Å². The lowest BCUT2D eigenvalue weighted by molar-refractivity contribution is -0.118. The number of aromatic nitrogens is 2. The molecule has 2 aromatic heterocycles. The van der Waals surface area contributed by atoms with Crippen molar-refractivity contribution in [3.05, 3.63) is 107 Å². The van der Waals surface area contributed by atoms with Crippen molar-refractivity contribution < 1.29 is 26.7 Å². The molecule has 3 aromatic carbocycles. The van der Waals surface area contributed by atoms with Crippen LogP contribution < -0.4 is 21.3 Å². The summed E-state index contributed by atoms with van der Waals surface area (Å²) in [6.45, 7) is 5.44. The molecule has 5 rings (SSSR count). The van der Waals surface area contributed by atoms with Crippen LogP contribution >= 0.6 is 0 Å². The van der Waals surface area contributed by atoms with Crippen LogP contribution in [0, 0.1) is 24.5 Å². The molecule has 0 aliphatic carbocycles. The smallest absolute Gasteiger partial charge is 0.275 e. The number of nitrogens with two attached hydrogens (primary N) is 1. The van der Waals surface area contributed by atoms with E-state index >= 15 is 0 Å². The Kier molecular flexibility index (Phi) is 8.15. The highest BCUT2D eigenvalue weighted by atomic mass is 32.2. The minimum atomic E-state index is -4.17. The maximum atomic E-state index is 14.6. The molecule has 228 valence electrons. The number of benzene rings is 3.